The molecule has 0 aliphatic heterocycles. The van der Waals surface area contributed by atoms with Crippen molar-refractivity contribution in [3.63, 3.8) is 0 Å². The van der Waals surface area contributed by atoms with E-state index in [1.54, 1.807) is 18.2 Å². The van der Waals surface area contributed by atoms with Crippen LogP contribution in [-0.2, 0) is 27.6 Å². The van der Waals surface area contributed by atoms with Crippen LogP contribution < -0.4 is 0 Å². The van der Waals surface area contributed by atoms with Crippen LogP contribution in [0.25, 0.3) is 0 Å². The van der Waals surface area contributed by atoms with Crippen molar-refractivity contribution in [2.75, 3.05) is 13.2 Å². The molecule has 1 atom stereocenters. The number of hydrogen-bond acceptors (Lipinski definition) is 6. The van der Waals surface area contributed by atoms with Crippen LogP contribution in [0.5, 0.6) is 5.75 Å². The summed E-state index contributed by atoms with van der Waals surface area (Å²) in [7, 11) is -3.19. The number of sulfone groups is 1. The third-order valence-corrected chi connectivity index (χ3v) is 9.91. The van der Waals surface area contributed by atoms with Crippen LogP contribution in [0.4, 0.5) is 0 Å². The second-order valence-electron chi connectivity index (χ2n) is 10.6. The molecule has 6 nitrogen and oxygen atoms in total. The van der Waals surface area contributed by atoms with Gasteiger partial charge in [0.1, 0.15) is 5.75 Å². The van der Waals surface area contributed by atoms with Gasteiger partial charge in [0, 0.05) is 18.8 Å². The van der Waals surface area contributed by atoms with Crippen LogP contribution in [0.15, 0.2) is 47.4 Å². The molecule has 0 saturated heterocycles. The van der Waals surface area contributed by atoms with Gasteiger partial charge in [-0.25, -0.2) is 8.42 Å². The molecule has 3 rings (SSSR count). The number of aromatic hydroxyl groups is 1. The van der Waals surface area contributed by atoms with Crippen molar-refractivity contribution in [1.82, 2.24) is 0 Å². The molecule has 0 radical (unpaired) electrons. The second kappa shape index (κ2) is 16.2. The Kier molecular flexibility index (Phi) is 13.1. The summed E-state index contributed by atoms with van der Waals surface area (Å²) in [4.78, 5) is 0.489. The van der Waals surface area contributed by atoms with E-state index < -0.39 is 15.9 Å². The van der Waals surface area contributed by atoms with Crippen LogP contribution in [0.2, 0.25) is 0 Å². The number of ether oxygens (including phenoxy) is 1. The average molecular weight is 547 g/mol. The first-order valence-electron chi connectivity index (χ1n) is 14.4. The van der Waals surface area contributed by atoms with Gasteiger partial charge >= 0.3 is 0 Å². The van der Waals surface area contributed by atoms with E-state index in [1.165, 1.54) is 6.07 Å². The first-order valence-corrected chi connectivity index (χ1v) is 16.0. The van der Waals surface area contributed by atoms with Crippen molar-refractivity contribution in [3.05, 3.63) is 59.2 Å². The van der Waals surface area contributed by atoms with E-state index in [1.807, 2.05) is 18.2 Å². The summed E-state index contributed by atoms with van der Waals surface area (Å²) >= 11 is 0. The number of benzene rings is 2. The zero-order valence-electron chi connectivity index (χ0n) is 22.7. The number of rotatable bonds is 18. The van der Waals surface area contributed by atoms with Gasteiger partial charge in [-0.15, -0.1) is 0 Å². The minimum atomic E-state index is -3.19. The molecule has 38 heavy (non-hydrogen) atoms. The minimum absolute atomic E-state index is 0.0576. The van der Waals surface area contributed by atoms with E-state index in [9.17, 15) is 23.7 Å². The molecule has 0 aromatic heterocycles. The molecule has 0 bridgehead atoms. The Labute approximate surface area is 229 Å². The number of unbranched alkanes of at least 4 members (excludes halogenated alkanes) is 6. The number of aliphatic hydroxyl groups excluding tert-OH is 2. The molecule has 0 amide bonds. The lowest BCUT2D eigenvalue weighted by Gasteiger charge is -2.13. The van der Waals surface area contributed by atoms with Crippen molar-refractivity contribution >= 4 is 9.84 Å². The van der Waals surface area contributed by atoms with E-state index in [-0.39, 0.29) is 17.6 Å². The molecule has 0 spiro atoms. The predicted molar refractivity (Wildman–Crippen MR) is 151 cm³/mol. The molecular weight excluding hydrogens is 500 g/mol. The summed E-state index contributed by atoms with van der Waals surface area (Å²) in [6.45, 7) is 1.29. The maximum atomic E-state index is 12.8. The highest BCUT2D eigenvalue weighted by Crippen LogP contribution is 2.30. The number of aliphatic hydroxyl groups is 2. The normalized spacial score (nSPS) is 15.2. The Morgan fingerprint density at radius 2 is 1.55 bits per heavy atom. The van der Waals surface area contributed by atoms with Gasteiger partial charge in [-0.05, 0) is 80.3 Å². The molecule has 2 aromatic rings. The third-order valence-electron chi connectivity index (χ3n) is 7.65. The zero-order valence-corrected chi connectivity index (χ0v) is 23.5. The SMILES string of the molecule is O=S(=O)(c1cccc(CCCCOCCCCCCCC[C@H](O)c2ccc(O)c(CO)c2)c1)C1CCCC1. The van der Waals surface area contributed by atoms with Gasteiger partial charge in [0.25, 0.3) is 0 Å². The summed E-state index contributed by atoms with van der Waals surface area (Å²) in [6, 6.07) is 12.4. The molecule has 1 aliphatic carbocycles. The van der Waals surface area contributed by atoms with E-state index in [4.69, 9.17) is 4.74 Å². The fourth-order valence-corrected chi connectivity index (χ4v) is 7.18. The quantitative estimate of drug-likeness (QED) is 0.187. The van der Waals surface area contributed by atoms with Gasteiger partial charge in [0.05, 0.1) is 22.9 Å². The standard InChI is InChI=1S/C31H46O6S/c32-24-27-23-26(18-19-31(27)34)30(33)17-5-3-1-2-4-9-20-37-21-10-8-12-25-13-11-16-29(22-25)38(35,36)28-14-6-7-15-28/h11,13,16,18-19,22-23,28,30,32-34H,1-10,12,14-15,17,20-21,24H2/t30-/m0/s1. The molecule has 1 saturated carbocycles. The van der Waals surface area contributed by atoms with Gasteiger partial charge in [0.15, 0.2) is 9.84 Å². The smallest absolute Gasteiger partial charge is 0.181 e. The Bertz CT molecular complexity index is 1060. The lowest BCUT2D eigenvalue weighted by Crippen LogP contribution is -2.17. The van der Waals surface area contributed by atoms with Crippen molar-refractivity contribution in [3.8, 4) is 5.75 Å². The summed E-state index contributed by atoms with van der Waals surface area (Å²) in [6.07, 6.45) is 13.1. The summed E-state index contributed by atoms with van der Waals surface area (Å²) < 4.78 is 31.4. The molecule has 0 unspecified atom stereocenters. The van der Waals surface area contributed by atoms with Crippen molar-refractivity contribution in [2.24, 2.45) is 0 Å². The predicted octanol–water partition coefficient (Wildman–Crippen LogP) is 6.40. The maximum Gasteiger partial charge on any atom is 0.181 e. The molecule has 3 N–H and O–H groups in total. The maximum absolute atomic E-state index is 12.8. The van der Waals surface area contributed by atoms with E-state index in [0.717, 1.165) is 108 Å². The van der Waals surface area contributed by atoms with Crippen molar-refractivity contribution in [2.45, 2.75) is 113 Å². The Morgan fingerprint density at radius 1 is 0.868 bits per heavy atom. The number of phenols is 1. The van der Waals surface area contributed by atoms with E-state index in [0.29, 0.717) is 16.9 Å². The van der Waals surface area contributed by atoms with E-state index in [2.05, 4.69) is 0 Å². The highest BCUT2D eigenvalue weighted by Gasteiger charge is 2.30. The summed E-state index contributed by atoms with van der Waals surface area (Å²) in [5.41, 5.74) is 2.28. The first-order chi connectivity index (χ1) is 18.4. The summed E-state index contributed by atoms with van der Waals surface area (Å²) in [5.74, 6) is 0.0576. The van der Waals surface area contributed by atoms with Crippen LogP contribution in [0, 0.1) is 0 Å². The molecule has 212 valence electrons. The van der Waals surface area contributed by atoms with Crippen molar-refractivity contribution in [1.29, 1.82) is 0 Å². The fourth-order valence-electron chi connectivity index (χ4n) is 5.26. The van der Waals surface area contributed by atoms with Crippen LogP contribution in [0.1, 0.15) is 106 Å². The second-order valence-corrected chi connectivity index (χ2v) is 12.9. The zero-order chi connectivity index (χ0) is 27.2. The number of aryl methyl sites for hydroxylation is 1. The molecule has 7 heteroatoms. The van der Waals surface area contributed by atoms with Gasteiger partial charge in [-0.3, -0.25) is 0 Å². The monoisotopic (exact) mass is 546 g/mol. The van der Waals surface area contributed by atoms with Gasteiger partial charge < -0.3 is 20.1 Å². The Hall–Kier alpha value is -1.93. The number of hydrogen-bond donors (Lipinski definition) is 3. The Morgan fingerprint density at radius 3 is 2.29 bits per heavy atom. The average Bonchev–Trinajstić information content (AvgIpc) is 3.48. The lowest BCUT2D eigenvalue weighted by molar-refractivity contribution is 0.126. The Balaban J connectivity index is 1.17. The van der Waals surface area contributed by atoms with Gasteiger partial charge in [-0.1, -0.05) is 63.1 Å². The first kappa shape index (κ1) is 30.6. The van der Waals surface area contributed by atoms with Crippen LogP contribution >= 0.6 is 0 Å². The van der Waals surface area contributed by atoms with Crippen LogP contribution in [-0.4, -0.2) is 42.2 Å². The molecule has 1 fully saturated rings. The van der Waals surface area contributed by atoms with Gasteiger partial charge in [-0.2, -0.15) is 0 Å². The fraction of sp³-hybridized carbons (Fsp3) is 0.613. The molecule has 2 aromatic carbocycles. The van der Waals surface area contributed by atoms with Crippen LogP contribution in [0.3, 0.4) is 0 Å². The third kappa shape index (κ3) is 9.67. The highest BCUT2D eigenvalue weighted by molar-refractivity contribution is 7.92. The lowest BCUT2D eigenvalue weighted by atomic mass is 10.00. The largest absolute Gasteiger partial charge is 0.508 e. The summed E-state index contributed by atoms with van der Waals surface area (Å²) in [5, 5.41) is 29.0. The van der Waals surface area contributed by atoms with Gasteiger partial charge in [0.2, 0.25) is 0 Å². The van der Waals surface area contributed by atoms with E-state index >= 15 is 0 Å². The molecule has 0 heterocycles. The highest BCUT2D eigenvalue weighted by atomic mass is 32.2. The molecular formula is C31H46O6S. The van der Waals surface area contributed by atoms with Crippen molar-refractivity contribution < 1.29 is 28.5 Å². The topological polar surface area (TPSA) is 104 Å². The molecule has 1 aliphatic rings. The minimum Gasteiger partial charge on any atom is -0.508 e.